The highest BCUT2D eigenvalue weighted by Crippen LogP contribution is 2.19. The number of nitrogens with two attached hydrogens (primary N) is 1. The first-order chi connectivity index (χ1) is 9.65. The second-order valence-electron chi connectivity index (χ2n) is 5.27. The molecule has 2 heterocycles. The molecule has 20 heavy (non-hydrogen) atoms. The molecule has 0 spiro atoms. The minimum Gasteiger partial charge on any atom is -0.322 e. The Morgan fingerprint density at radius 1 is 1.25 bits per heavy atom. The fourth-order valence-corrected chi connectivity index (χ4v) is 2.56. The van der Waals surface area contributed by atoms with Crippen LogP contribution in [0.25, 0.3) is 0 Å². The normalized spacial score (nSPS) is 12.8. The Kier molecular flexibility index (Phi) is 4.90. The van der Waals surface area contributed by atoms with Crippen LogP contribution in [-0.4, -0.2) is 14.8 Å². The van der Waals surface area contributed by atoms with Crippen LogP contribution in [0.3, 0.4) is 0 Å². The fraction of sp³-hybridized carbons (Fsp3) is 0.500. The van der Waals surface area contributed by atoms with Crippen LogP contribution in [-0.2, 0) is 6.42 Å². The van der Waals surface area contributed by atoms with Gasteiger partial charge in [-0.1, -0.05) is 19.9 Å². The Hall–Kier alpha value is -1.68. The molecule has 0 aromatic carbocycles. The summed E-state index contributed by atoms with van der Waals surface area (Å²) in [6.07, 6.45) is 6.78. The zero-order valence-electron chi connectivity index (χ0n) is 12.6. The highest BCUT2D eigenvalue weighted by molar-refractivity contribution is 5.22. The predicted molar refractivity (Wildman–Crippen MR) is 81.5 cm³/mol. The molecule has 1 unspecified atom stereocenters. The summed E-state index contributed by atoms with van der Waals surface area (Å²) in [5, 5.41) is 4.66. The number of aromatic nitrogens is 3. The lowest BCUT2D eigenvalue weighted by molar-refractivity contribution is 0.424. The van der Waals surface area contributed by atoms with Crippen molar-refractivity contribution in [3.63, 3.8) is 0 Å². The molecule has 0 amide bonds. The van der Waals surface area contributed by atoms with Crippen LogP contribution in [0.1, 0.15) is 55.7 Å². The lowest BCUT2D eigenvalue weighted by Gasteiger charge is -2.14. The third kappa shape index (κ3) is 3.25. The number of hydrogen-bond donors (Lipinski definition) is 1. The van der Waals surface area contributed by atoms with Gasteiger partial charge in [0, 0.05) is 18.8 Å². The van der Waals surface area contributed by atoms with Crippen molar-refractivity contribution in [3.05, 3.63) is 47.5 Å². The van der Waals surface area contributed by atoms with E-state index in [-0.39, 0.29) is 6.04 Å². The lowest BCUT2D eigenvalue weighted by atomic mass is 10.0. The minimum atomic E-state index is -0.0961. The third-order valence-corrected chi connectivity index (χ3v) is 3.81. The van der Waals surface area contributed by atoms with Gasteiger partial charge in [0.25, 0.3) is 0 Å². The van der Waals surface area contributed by atoms with E-state index < -0.39 is 0 Å². The van der Waals surface area contributed by atoms with Gasteiger partial charge < -0.3 is 5.73 Å². The van der Waals surface area contributed by atoms with Crippen molar-refractivity contribution in [3.8, 4) is 0 Å². The second-order valence-corrected chi connectivity index (χ2v) is 5.27. The quantitative estimate of drug-likeness (QED) is 0.878. The van der Waals surface area contributed by atoms with Crippen LogP contribution < -0.4 is 5.73 Å². The molecule has 2 N–H and O–H groups in total. The van der Waals surface area contributed by atoms with Crippen LogP contribution in [0.5, 0.6) is 0 Å². The summed E-state index contributed by atoms with van der Waals surface area (Å²) in [5.74, 6) is 0. The molecule has 0 saturated heterocycles. The molecule has 0 bridgehead atoms. The number of aryl methyl sites for hydroxylation is 1. The molecule has 108 valence electrons. The molecule has 0 saturated carbocycles. The SMILES string of the molecule is CCC(CC)n1ccc(CC(N)c2ncccc2C)n1. The monoisotopic (exact) mass is 272 g/mol. The molecule has 2 rings (SSSR count). The zero-order chi connectivity index (χ0) is 14.5. The first kappa shape index (κ1) is 14.7. The van der Waals surface area contributed by atoms with Crippen molar-refractivity contribution < 1.29 is 0 Å². The van der Waals surface area contributed by atoms with E-state index in [0.717, 1.165) is 36.2 Å². The number of rotatable bonds is 6. The minimum absolute atomic E-state index is 0.0961. The molecule has 4 nitrogen and oxygen atoms in total. The zero-order valence-corrected chi connectivity index (χ0v) is 12.6. The van der Waals surface area contributed by atoms with E-state index in [1.54, 1.807) is 6.20 Å². The Morgan fingerprint density at radius 3 is 2.65 bits per heavy atom. The summed E-state index contributed by atoms with van der Waals surface area (Å²) in [4.78, 5) is 4.39. The van der Waals surface area contributed by atoms with Crippen LogP contribution in [0.2, 0.25) is 0 Å². The van der Waals surface area contributed by atoms with Gasteiger partial charge in [0.2, 0.25) is 0 Å². The van der Waals surface area contributed by atoms with E-state index in [2.05, 4.69) is 40.9 Å². The van der Waals surface area contributed by atoms with Crippen molar-refractivity contribution in [2.75, 3.05) is 0 Å². The van der Waals surface area contributed by atoms with Crippen LogP contribution in [0.4, 0.5) is 0 Å². The third-order valence-electron chi connectivity index (χ3n) is 3.81. The molecule has 0 aliphatic rings. The highest BCUT2D eigenvalue weighted by atomic mass is 15.3. The van der Waals surface area contributed by atoms with Gasteiger partial charge in [-0.2, -0.15) is 5.10 Å². The van der Waals surface area contributed by atoms with Crippen LogP contribution in [0.15, 0.2) is 30.6 Å². The molecule has 2 aromatic rings. The van der Waals surface area contributed by atoms with E-state index in [1.807, 2.05) is 19.1 Å². The van der Waals surface area contributed by atoms with E-state index in [9.17, 15) is 0 Å². The van der Waals surface area contributed by atoms with Gasteiger partial charge >= 0.3 is 0 Å². The van der Waals surface area contributed by atoms with Crippen molar-refractivity contribution in [1.82, 2.24) is 14.8 Å². The summed E-state index contributed by atoms with van der Waals surface area (Å²) >= 11 is 0. The van der Waals surface area contributed by atoms with Crippen molar-refractivity contribution in [2.24, 2.45) is 5.73 Å². The average molecular weight is 272 g/mol. The highest BCUT2D eigenvalue weighted by Gasteiger charge is 2.14. The van der Waals surface area contributed by atoms with Crippen molar-refractivity contribution >= 4 is 0 Å². The Balaban J connectivity index is 2.09. The molecular formula is C16H24N4. The van der Waals surface area contributed by atoms with Gasteiger partial charge in [0.05, 0.1) is 23.5 Å². The van der Waals surface area contributed by atoms with Gasteiger partial charge in [-0.25, -0.2) is 0 Å². The number of pyridine rings is 1. The molecule has 2 aromatic heterocycles. The number of hydrogen-bond acceptors (Lipinski definition) is 3. The van der Waals surface area contributed by atoms with Crippen molar-refractivity contribution in [2.45, 2.75) is 52.1 Å². The van der Waals surface area contributed by atoms with Gasteiger partial charge in [0.1, 0.15) is 0 Å². The molecule has 0 aliphatic heterocycles. The summed E-state index contributed by atoms with van der Waals surface area (Å²) in [7, 11) is 0. The Labute approximate surface area is 121 Å². The lowest BCUT2D eigenvalue weighted by Crippen LogP contribution is -2.17. The standard InChI is InChI=1S/C16H24N4/c1-4-14(5-2)20-10-8-13(19-20)11-15(17)16-12(3)7-6-9-18-16/h6-10,14-15H,4-5,11,17H2,1-3H3. The van der Waals surface area contributed by atoms with Crippen LogP contribution in [0, 0.1) is 6.92 Å². The molecular weight excluding hydrogens is 248 g/mol. The van der Waals surface area contributed by atoms with E-state index >= 15 is 0 Å². The average Bonchev–Trinajstić information content (AvgIpc) is 2.89. The van der Waals surface area contributed by atoms with Gasteiger partial charge in [-0.3, -0.25) is 9.67 Å². The summed E-state index contributed by atoms with van der Waals surface area (Å²) < 4.78 is 2.06. The molecule has 0 fully saturated rings. The maximum absolute atomic E-state index is 6.27. The molecule has 1 atom stereocenters. The van der Waals surface area contributed by atoms with Gasteiger partial charge in [-0.05, 0) is 37.5 Å². The number of nitrogens with zero attached hydrogens (tertiary/aromatic N) is 3. The van der Waals surface area contributed by atoms with Gasteiger partial charge in [-0.15, -0.1) is 0 Å². The fourth-order valence-electron chi connectivity index (χ4n) is 2.56. The van der Waals surface area contributed by atoms with Crippen molar-refractivity contribution in [1.29, 1.82) is 0 Å². The van der Waals surface area contributed by atoms with E-state index in [4.69, 9.17) is 5.73 Å². The van der Waals surface area contributed by atoms with E-state index in [1.165, 1.54) is 0 Å². The maximum atomic E-state index is 6.27. The summed E-state index contributed by atoms with van der Waals surface area (Å²) in [6, 6.07) is 6.44. The first-order valence-corrected chi connectivity index (χ1v) is 7.36. The maximum Gasteiger partial charge on any atom is 0.0644 e. The smallest absolute Gasteiger partial charge is 0.0644 e. The molecule has 4 heteroatoms. The first-order valence-electron chi connectivity index (χ1n) is 7.36. The summed E-state index contributed by atoms with van der Waals surface area (Å²) in [6.45, 7) is 6.43. The van der Waals surface area contributed by atoms with Crippen LogP contribution >= 0.6 is 0 Å². The Bertz CT molecular complexity index is 543. The predicted octanol–water partition coefficient (Wildman–Crippen LogP) is 3.19. The second kappa shape index (κ2) is 6.66. The topological polar surface area (TPSA) is 56.7 Å². The molecule has 0 aliphatic carbocycles. The van der Waals surface area contributed by atoms with Gasteiger partial charge in [0.15, 0.2) is 0 Å². The largest absolute Gasteiger partial charge is 0.322 e. The molecule has 0 radical (unpaired) electrons. The Morgan fingerprint density at radius 2 is 2.00 bits per heavy atom. The van der Waals surface area contributed by atoms with E-state index in [0.29, 0.717) is 6.04 Å². The summed E-state index contributed by atoms with van der Waals surface area (Å²) in [5.41, 5.74) is 9.40.